The normalized spacial score (nSPS) is 19.7. The van der Waals surface area contributed by atoms with Gasteiger partial charge in [0.2, 0.25) is 10.0 Å². The SMILES string of the molecule is O=C(NCCN1CCCC1)c1ccc(Cl)c(S(=O)(=O)N2CCCCCC2)c1. The van der Waals surface area contributed by atoms with Gasteiger partial charge in [-0.15, -0.1) is 0 Å². The van der Waals surface area contributed by atoms with E-state index in [1.165, 1.54) is 29.3 Å². The lowest BCUT2D eigenvalue weighted by Crippen LogP contribution is -2.34. The molecule has 2 aliphatic heterocycles. The highest BCUT2D eigenvalue weighted by Crippen LogP contribution is 2.27. The molecule has 150 valence electrons. The van der Waals surface area contributed by atoms with Gasteiger partial charge in [0.05, 0.1) is 5.02 Å². The standard InChI is InChI=1S/C19H28ClN3O3S/c20-17-8-7-16(19(24)21-9-14-22-10-5-6-11-22)15-18(17)27(25,26)23-12-3-1-2-4-13-23/h7-8,15H,1-6,9-14H2,(H,21,24). The fourth-order valence-electron chi connectivity index (χ4n) is 3.70. The quantitative estimate of drug-likeness (QED) is 0.778. The van der Waals surface area contributed by atoms with Crippen LogP contribution in [0.1, 0.15) is 48.9 Å². The number of rotatable bonds is 6. The smallest absolute Gasteiger partial charge is 0.251 e. The third kappa shape index (κ3) is 5.22. The molecule has 3 rings (SSSR count). The predicted octanol–water partition coefficient (Wildman–Crippen LogP) is 2.73. The summed E-state index contributed by atoms with van der Waals surface area (Å²) in [6.07, 6.45) is 6.21. The van der Waals surface area contributed by atoms with Crippen LogP contribution in [0, 0.1) is 0 Å². The molecule has 0 spiro atoms. The van der Waals surface area contributed by atoms with Crippen molar-refractivity contribution in [1.82, 2.24) is 14.5 Å². The first-order chi connectivity index (χ1) is 13.0. The second-order valence-electron chi connectivity index (χ2n) is 7.27. The van der Waals surface area contributed by atoms with Crippen molar-refractivity contribution >= 4 is 27.5 Å². The minimum atomic E-state index is -3.69. The summed E-state index contributed by atoms with van der Waals surface area (Å²) in [5.41, 5.74) is 0.328. The first kappa shape index (κ1) is 20.6. The summed E-state index contributed by atoms with van der Waals surface area (Å²) < 4.78 is 27.5. The minimum absolute atomic E-state index is 0.0262. The van der Waals surface area contributed by atoms with Gasteiger partial charge in [-0.25, -0.2) is 8.42 Å². The molecule has 0 aromatic heterocycles. The van der Waals surface area contributed by atoms with E-state index in [1.54, 1.807) is 6.07 Å². The number of nitrogens with one attached hydrogen (secondary N) is 1. The Balaban J connectivity index is 1.69. The van der Waals surface area contributed by atoms with Crippen molar-refractivity contribution in [2.45, 2.75) is 43.4 Å². The van der Waals surface area contributed by atoms with E-state index in [4.69, 9.17) is 11.6 Å². The number of carbonyl (C=O) groups is 1. The Bertz CT molecular complexity index is 755. The van der Waals surface area contributed by atoms with E-state index in [0.717, 1.165) is 45.3 Å². The summed E-state index contributed by atoms with van der Waals surface area (Å²) in [4.78, 5) is 14.8. The molecule has 0 aliphatic carbocycles. The monoisotopic (exact) mass is 413 g/mol. The largest absolute Gasteiger partial charge is 0.351 e. The average Bonchev–Trinajstić information content (AvgIpc) is 3.00. The van der Waals surface area contributed by atoms with E-state index in [0.29, 0.717) is 25.2 Å². The van der Waals surface area contributed by atoms with Crippen LogP contribution in [-0.2, 0) is 10.0 Å². The van der Waals surface area contributed by atoms with Crippen molar-refractivity contribution in [1.29, 1.82) is 0 Å². The number of halogens is 1. The third-order valence-electron chi connectivity index (χ3n) is 5.29. The molecular weight excluding hydrogens is 386 g/mol. The first-order valence-corrected chi connectivity index (χ1v) is 11.6. The zero-order valence-electron chi connectivity index (χ0n) is 15.6. The summed E-state index contributed by atoms with van der Waals surface area (Å²) in [6, 6.07) is 4.49. The van der Waals surface area contributed by atoms with Crippen LogP contribution in [0.2, 0.25) is 5.02 Å². The van der Waals surface area contributed by atoms with Crippen LogP contribution in [0.15, 0.2) is 23.1 Å². The highest BCUT2D eigenvalue weighted by atomic mass is 35.5. The molecule has 27 heavy (non-hydrogen) atoms. The van der Waals surface area contributed by atoms with Gasteiger partial charge in [0.25, 0.3) is 5.91 Å². The van der Waals surface area contributed by atoms with Gasteiger partial charge < -0.3 is 10.2 Å². The molecule has 6 nitrogen and oxygen atoms in total. The van der Waals surface area contributed by atoms with Gasteiger partial charge in [0.1, 0.15) is 4.90 Å². The minimum Gasteiger partial charge on any atom is -0.351 e. The van der Waals surface area contributed by atoms with Crippen molar-refractivity contribution in [3.8, 4) is 0 Å². The van der Waals surface area contributed by atoms with Crippen LogP contribution in [0.3, 0.4) is 0 Å². The highest BCUT2D eigenvalue weighted by Gasteiger charge is 2.28. The molecule has 0 saturated carbocycles. The second-order valence-corrected chi connectivity index (χ2v) is 9.58. The van der Waals surface area contributed by atoms with E-state index in [-0.39, 0.29) is 15.8 Å². The molecule has 1 amide bonds. The zero-order chi connectivity index (χ0) is 19.3. The zero-order valence-corrected chi connectivity index (χ0v) is 17.2. The number of hydrogen-bond acceptors (Lipinski definition) is 4. The molecule has 1 N–H and O–H groups in total. The van der Waals surface area contributed by atoms with Crippen molar-refractivity contribution in [2.24, 2.45) is 0 Å². The second kappa shape index (κ2) is 9.37. The van der Waals surface area contributed by atoms with Crippen LogP contribution < -0.4 is 5.32 Å². The van der Waals surface area contributed by atoms with E-state index >= 15 is 0 Å². The number of benzene rings is 1. The van der Waals surface area contributed by atoms with Crippen LogP contribution in [0.25, 0.3) is 0 Å². The van der Waals surface area contributed by atoms with Gasteiger partial charge in [-0.05, 0) is 57.0 Å². The topological polar surface area (TPSA) is 69.7 Å². The van der Waals surface area contributed by atoms with Crippen molar-refractivity contribution in [2.75, 3.05) is 39.3 Å². The Hall–Kier alpha value is -1.15. The first-order valence-electron chi connectivity index (χ1n) is 9.79. The van der Waals surface area contributed by atoms with Crippen LogP contribution in [-0.4, -0.2) is 62.8 Å². The lowest BCUT2D eigenvalue weighted by atomic mass is 10.2. The van der Waals surface area contributed by atoms with Crippen molar-refractivity contribution in [3.05, 3.63) is 28.8 Å². The predicted molar refractivity (Wildman–Crippen MR) is 107 cm³/mol. The fourth-order valence-corrected chi connectivity index (χ4v) is 5.72. The molecule has 0 bridgehead atoms. The van der Waals surface area contributed by atoms with Gasteiger partial charge in [0, 0.05) is 31.7 Å². The summed E-state index contributed by atoms with van der Waals surface area (Å²) in [7, 11) is -3.69. The van der Waals surface area contributed by atoms with Gasteiger partial charge >= 0.3 is 0 Å². The number of sulfonamides is 1. The molecule has 1 aromatic rings. The molecule has 2 aliphatic rings. The number of likely N-dealkylation sites (tertiary alicyclic amines) is 1. The summed E-state index contributed by atoms with van der Waals surface area (Å²) in [5, 5.41) is 3.04. The van der Waals surface area contributed by atoms with Crippen LogP contribution in [0.5, 0.6) is 0 Å². The molecule has 0 radical (unpaired) electrons. The molecule has 0 unspecified atom stereocenters. The Morgan fingerprint density at radius 2 is 1.63 bits per heavy atom. The lowest BCUT2D eigenvalue weighted by Gasteiger charge is -2.21. The maximum atomic E-state index is 13.0. The van der Waals surface area contributed by atoms with Gasteiger partial charge in [-0.1, -0.05) is 24.4 Å². The Labute approximate surface area is 166 Å². The average molecular weight is 414 g/mol. The summed E-state index contributed by atoms with van der Waals surface area (Å²) >= 11 is 6.19. The van der Waals surface area contributed by atoms with E-state index in [9.17, 15) is 13.2 Å². The fraction of sp³-hybridized carbons (Fsp3) is 0.632. The molecule has 0 atom stereocenters. The van der Waals surface area contributed by atoms with Crippen LogP contribution >= 0.6 is 11.6 Å². The molecule has 2 saturated heterocycles. The lowest BCUT2D eigenvalue weighted by molar-refractivity contribution is 0.0949. The molecule has 1 aromatic carbocycles. The number of carbonyl (C=O) groups excluding carboxylic acids is 1. The molecule has 2 heterocycles. The van der Waals surface area contributed by atoms with Gasteiger partial charge in [-0.2, -0.15) is 4.31 Å². The van der Waals surface area contributed by atoms with Crippen molar-refractivity contribution < 1.29 is 13.2 Å². The summed E-state index contributed by atoms with van der Waals surface area (Å²) in [5.74, 6) is -0.266. The van der Waals surface area contributed by atoms with Gasteiger partial charge in [0.15, 0.2) is 0 Å². The van der Waals surface area contributed by atoms with Crippen LogP contribution in [0.4, 0.5) is 0 Å². The Morgan fingerprint density at radius 3 is 2.30 bits per heavy atom. The highest BCUT2D eigenvalue weighted by molar-refractivity contribution is 7.89. The number of hydrogen-bond donors (Lipinski definition) is 1. The molecule has 2 fully saturated rings. The Morgan fingerprint density at radius 1 is 1.00 bits per heavy atom. The molecular formula is C19H28ClN3O3S. The maximum absolute atomic E-state index is 13.0. The number of amides is 1. The van der Waals surface area contributed by atoms with E-state index in [2.05, 4.69) is 10.2 Å². The summed E-state index contributed by atoms with van der Waals surface area (Å²) in [6.45, 7) is 4.54. The Kier molecular flexibility index (Phi) is 7.14. The maximum Gasteiger partial charge on any atom is 0.251 e. The number of nitrogens with zero attached hydrogens (tertiary/aromatic N) is 2. The molecule has 8 heteroatoms. The van der Waals surface area contributed by atoms with E-state index < -0.39 is 10.0 Å². The van der Waals surface area contributed by atoms with E-state index in [1.807, 2.05) is 0 Å². The van der Waals surface area contributed by atoms with Gasteiger partial charge in [-0.3, -0.25) is 4.79 Å². The van der Waals surface area contributed by atoms with Crippen molar-refractivity contribution in [3.63, 3.8) is 0 Å². The third-order valence-corrected chi connectivity index (χ3v) is 7.67.